The summed E-state index contributed by atoms with van der Waals surface area (Å²) < 4.78 is 0.753. The van der Waals surface area contributed by atoms with E-state index in [1.807, 2.05) is 7.05 Å². The van der Waals surface area contributed by atoms with Gasteiger partial charge in [0.1, 0.15) is 0 Å². The second kappa shape index (κ2) is 6.41. The maximum Gasteiger partial charge on any atom is 0.253 e. The van der Waals surface area contributed by atoms with Gasteiger partial charge in [-0.3, -0.25) is 4.79 Å². The molecule has 0 aliphatic rings. The summed E-state index contributed by atoms with van der Waals surface area (Å²) in [6, 6.07) is 5.55. The summed E-state index contributed by atoms with van der Waals surface area (Å²) in [6.45, 7) is 4.19. The fraction of sp³-hybridized carbons (Fsp3) is 0.462. The van der Waals surface area contributed by atoms with Gasteiger partial charge < -0.3 is 4.90 Å². The minimum atomic E-state index is 0.0380. The molecule has 0 N–H and O–H groups in total. The smallest absolute Gasteiger partial charge is 0.253 e. The molecule has 0 aliphatic heterocycles. The predicted octanol–water partition coefficient (Wildman–Crippen LogP) is 4.36. The molecule has 0 bridgehead atoms. The second-order valence-corrected chi connectivity index (χ2v) is 5.28. The Bertz CT molecular complexity index is 404. The van der Waals surface area contributed by atoms with Crippen LogP contribution in [0, 0.1) is 0 Å². The first-order valence-electron chi connectivity index (χ1n) is 5.73. The number of halogens is 2. The van der Waals surface area contributed by atoms with E-state index >= 15 is 0 Å². The van der Waals surface area contributed by atoms with Crippen LogP contribution in [0.5, 0.6) is 0 Å². The highest BCUT2D eigenvalue weighted by atomic mass is 79.9. The molecule has 0 spiro atoms. The number of rotatable bonds is 4. The van der Waals surface area contributed by atoms with Gasteiger partial charge in [-0.15, -0.1) is 0 Å². The lowest BCUT2D eigenvalue weighted by Gasteiger charge is -2.26. The lowest BCUT2D eigenvalue weighted by atomic mass is 10.1. The Hall–Kier alpha value is -0.540. The summed E-state index contributed by atoms with van der Waals surface area (Å²) in [7, 11) is 1.85. The molecule has 1 aromatic carbocycles. The minimum absolute atomic E-state index is 0.0380. The highest BCUT2D eigenvalue weighted by Crippen LogP contribution is 2.24. The van der Waals surface area contributed by atoms with E-state index < -0.39 is 0 Å². The zero-order chi connectivity index (χ0) is 13.0. The summed E-state index contributed by atoms with van der Waals surface area (Å²) in [5, 5.41) is 0.617. The average molecular weight is 319 g/mol. The third kappa shape index (κ3) is 3.46. The summed E-state index contributed by atoms with van der Waals surface area (Å²) >= 11 is 9.24. The molecular formula is C13H17BrClNO. The first-order chi connectivity index (χ1) is 8.01. The van der Waals surface area contributed by atoms with E-state index in [-0.39, 0.29) is 11.9 Å². The van der Waals surface area contributed by atoms with Gasteiger partial charge in [0.05, 0.1) is 5.02 Å². The Morgan fingerprint density at radius 3 is 2.47 bits per heavy atom. The van der Waals surface area contributed by atoms with Gasteiger partial charge in [-0.2, -0.15) is 0 Å². The lowest BCUT2D eigenvalue weighted by Crippen LogP contribution is -2.36. The third-order valence-electron chi connectivity index (χ3n) is 2.98. The molecule has 94 valence electrons. The van der Waals surface area contributed by atoms with E-state index in [0.29, 0.717) is 10.6 Å². The molecule has 0 aromatic heterocycles. The number of amides is 1. The summed E-state index contributed by atoms with van der Waals surface area (Å²) in [4.78, 5) is 14.0. The molecule has 0 radical (unpaired) electrons. The maximum atomic E-state index is 12.2. The summed E-state index contributed by atoms with van der Waals surface area (Å²) in [5.74, 6) is 0.0380. The van der Waals surface area contributed by atoms with Crippen LogP contribution >= 0.6 is 27.5 Å². The molecule has 0 saturated carbocycles. The van der Waals surface area contributed by atoms with Crippen molar-refractivity contribution in [3.63, 3.8) is 0 Å². The number of nitrogens with zero attached hydrogens (tertiary/aromatic N) is 1. The Labute approximate surface area is 116 Å². The topological polar surface area (TPSA) is 20.3 Å². The molecular weight excluding hydrogens is 302 g/mol. The molecule has 0 aliphatic carbocycles. The second-order valence-electron chi connectivity index (χ2n) is 4.02. The van der Waals surface area contributed by atoms with Crippen LogP contribution in [0.25, 0.3) is 0 Å². The molecule has 0 fully saturated rings. The van der Waals surface area contributed by atoms with Crippen molar-refractivity contribution in [2.24, 2.45) is 0 Å². The normalized spacial score (nSPS) is 10.7. The highest BCUT2D eigenvalue weighted by Gasteiger charge is 2.18. The molecule has 17 heavy (non-hydrogen) atoms. The Morgan fingerprint density at radius 1 is 1.41 bits per heavy atom. The van der Waals surface area contributed by atoms with Gasteiger partial charge >= 0.3 is 0 Å². The van der Waals surface area contributed by atoms with Crippen molar-refractivity contribution in [2.45, 2.75) is 32.7 Å². The fourth-order valence-corrected chi connectivity index (χ4v) is 2.33. The Balaban J connectivity index is 2.92. The van der Waals surface area contributed by atoms with Crippen LogP contribution in [0.2, 0.25) is 5.02 Å². The molecule has 0 atom stereocenters. The number of carbonyl (C=O) groups excluding carboxylic acids is 1. The van der Waals surface area contributed by atoms with Gasteiger partial charge in [-0.25, -0.2) is 0 Å². The summed E-state index contributed by atoms with van der Waals surface area (Å²) in [6.07, 6.45) is 1.93. The van der Waals surface area contributed by atoms with Gasteiger partial charge in [0.2, 0.25) is 0 Å². The SMILES string of the molecule is CCC(CC)N(C)C(=O)c1ccc(Cl)c(Br)c1. The quantitative estimate of drug-likeness (QED) is 0.807. The zero-order valence-electron chi connectivity index (χ0n) is 10.3. The fourth-order valence-electron chi connectivity index (χ4n) is 1.84. The van der Waals surface area contributed by atoms with Crippen LogP contribution in [-0.2, 0) is 0 Å². The molecule has 1 rings (SSSR count). The van der Waals surface area contributed by atoms with Crippen molar-refractivity contribution in [2.75, 3.05) is 7.05 Å². The van der Waals surface area contributed by atoms with Crippen LogP contribution in [0.4, 0.5) is 0 Å². The maximum absolute atomic E-state index is 12.2. The van der Waals surface area contributed by atoms with Gasteiger partial charge in [-0.05, 0) is 47.0 Å². The van der Waals surface area contributed by atoms with E-state index in [2.05, 4.69) is 29.8 Å². The van der Waals surface area contributed by atoms with Crippen molar-refractivity contribution < 1.29 is 4.79 Å². The van der Waals surface area contributed by atoms with Crippen LogP contribution < -0.4 is 0 Å². The van der Waals surface area contributed by atoms with E-state index in [0.717, 1.165) is 17.3 Å². The van der Waals surface area contributed by atoms with Crippen LogP contribution in [-0.4, -0.2) is 23.9 Å². The zero-order valence-corrected chi connectivity index (χ0v) is 12.7. The summed E-state index contributed by atoms with van der Waals surface area (Å²) in [5.41, 5.74) is 0.663. The average Bonchev–Trinajstić information content (AvgIpc) is 2.33. The van der Waals surface area contributed by atoms with Gasteiger partial charge in [0.15, 0.2) is 0 Å². The highest BCUT2D eigenvalue weighted by molar-refractivity contribution is 9.10. The van der Waals surface area contributed by atoms with E-state index in [4.69, 9.17) is 11.6 Å². The van der Waals surface area contributed by atoms with Crippen molar-refractivity contribution in [1.29, 1.82) is 0 Å². The van der Waals surface area contributed by atoms with E-state index in [1.165, 1.54) is 0 Å². The molecule has 4 heteroatoms. The number of benzene rings is 1. The molecule has 1 amide bonds. The molecule has 2 nitrogen and oxygen atoms in total. The minimum Gasteiger partial charge on any atom is -0.339 e. The monoisotopic (exact) mass is 317 g/mol. The third-order valence-corrected chi connectivity index (χ3v) is 4.19. The predicted molar refractivity (Wildman–Crippen MR) is 75.6 cm³/mol. The molecule has 0 saturated heterocycles. The standard InChI is InChI=1S/C13H17BrClNO/c1-4-10(5-2)16(3)13(17)9-6-7-12(15)11(14)8-9/h6-8,10H,4-5H2,1-3H3. The van der Waals surface area contributed by atoms with Crippen LogP contribution in [0.15, 0.2) is 22.7 Å². The molecule has 0 unspecified atom stereocenters. The van der Waals surface area contributed by atoms with Gasteiger partial charge in [0, 0.05) is 23.1 Å². The molecule has 0 heterocycles. The van der Waals surface area contributed by atoms with Crippen LogP contribution in [0.3, 0.4) is 0 Å². The van der Waals surface area contributed by atoms with Crippen LogP contribution in [0.1, 0.15) is 37.0 Å². The van der Waals surface area contributed by atoms with Crippen molar-refractivity contribution in [3.05, 3.63) is 33.3 Å². The number of hydrogen-bond acceptors (Lipinski definition) is 1. The van der Waals surface area contributed by atoms with Gasteiger partial charge in [0.25, 0.3) is 5.91 Å². The van der Waals surface area contributed by atoms with Crippen molar-refractivity contribution >= 4 is 33.4 Å². The Morgan fingerprint density at radius 2 is 2.00 bits per heavy atom. The number of carbonyl (C=O) groups is 1. The number of hydrogen-bond donors (Lipinski definition) is 0. The van der Waals surface area contributed by atoms with E-state index in [9.17, 15) is 4.79 Å². The largest absolute Gasteiger partial charge is 0.339 e. The molecule has 1 aromatic rings. The first kappa shape index (κ1) is 14.5. The Kier molecular flexibility index (Phi) is 5.47. The van der Waals surface area contributed by atoms with Gasteiger partial charge in [-0.1, -0.05) is 25.4 Å². The van der Waals surface area contributed by atoms with Crippen molar-refractivity contribution in [3.8, 4) is 0 Å². The first-order valence-corrected chi connectivity index (χ1v) is 6.90. The van der Waals surface area contributed by atoms with E-state index in [1.54, 1.807) is 23.1 Å². The lowest BCUT2D eigenvalue weighted by molar-refractivity contribution is 0.0723. The van der Waals surface area contributed by atoms with Crippen molar-refractivity contribution in [1.82, 2.24) is 4.90 Å².